The first-order chi connectivity index (χ1) is 18.7. The molecule has 1 amide bonds. The van der Waals surface area contributed by atoms with Crippen molar-refractivity contribution >= 4 is 18.0 Å². The topological polar surface area (TPSA) is 83.6 Å². The molecule has 0 saturated carbocycles. The van der Waals surface area contributed by atoms with Gasteiger partial charge in [0.25, 0.3) is 0 Å². The number of nitrogens with zero attached hydrogens (tertiary/aromatic N) is 5. The number of carbonyl (C=O) groups excluding carboxylic acids is 1. The van der Waals surface area contributed by atoms with Crippen LogP contribution in [0.3, 0.4) is 0 Å². The van der Waals surface area contributed by atoms with Crippen LogP contribution in [-0.2, 0) is 23.2 Å². The van der Waals surface area contributed by atoms with Crippen molar-refractivity contribution in [1.29, 1.82) is 0 Å². The van der Waals surface area contributed by atoms with Crippen molar-refractivity contribution in [3.05, 3.63) is 64.7 Å². The summed E-state index contributed by atoms with van der Waals surface area (Å²) in [6.07, 6.45) is 2.14. The third-order valence-electron chi connectivity index (χ3n) is 7.40. The molecule has 202 valence electrons. The Kier molecular flexibility index (Phi) is 6.11. The molecule has 0 spiro atoms. The molecule has 0 radical (unpaired) electrons. The number of aromatic nitrogens is 4. The predicted molar refractivity (Wildman–Crippen MR) is 143 cm³/mol. The number of halogens is 2. The summed E-state index contributed by atoms with van der Waals surface area (Å²) >= 11 is 6.27. The summed E-state index contributed by atoms with van der Waals surface area (Å²) in [5.41, 5.74) is 4.10. The van der Waals surface area contributed by atoms with Crippen molar-refractivity contribution < 1.29 is 23.4 Å². The highest BCUT2D eigenvalue weighted by Gasteiger charge is 2.44. The van der Waals surface area contributed by atoms with Crippen LogP contribution >= 0.6 is 11.6 Å². The molecule has 39 heavy (non-hydrogen) atoms. The Balaban J connectivity index is 1.62. The van der Waals surface area contributed by atoms with Crippen molar-refractivity contribution in [2.45, 2.75) is 32.1 Å². The minimum absolute atomic E-state index is 0.198. The van der Waals surface area contributed by atoms with Crippen molar-refractivity contribution in [2.75, 3.05) is 20.3 Å². The Bertz CT molecular complexity index is 1580. The lowest BCUT2D eigenvalue weighted by molar-refractivity contribution is -0.147. The summed E-state index contributed by atoms with van der Waals surface area (Å²) < 4.78 is 36.1. The van der Waals surface area contributed by atoms with Gasteiger partial charge in [0.2, 0.25) is 6.41 Å². The molecule has 2 aliphatic heterocycles. The number of methoxy groups -OCH3 is 1. The molecule has 1 saturated heterocycles. The van der Waals surface area contributed by atoms with Gasteiger partial charge in [-0.05, 0) is 44.2 Å². The average molecular weight is 552 g/mol. The van der Waals surface area contributed by atoms with Gasteiger partial charge in [0.05, 0.1) is 36.3 Å². The van der Waals surface area contributed by atoms with Crippen LogP contribution in [0.2, 0.25) is 5.02 Å². The molecule has 0 N–H and O–H groups in total. The summed E-state index contributed by atoms with van der Waals surface area (Å²) in [6, 6.07) is 9.96. The van der Waals surface area contributed by atoms with E-state index in [2.05, 4.69) is 5.10 Å². The van der Waals surface area contributed by atoms with Crippen molar-refractivity contribution in [2.24, 2.45) is 7.05 Å². The van der Waals surface area contributed by atoms with Gasteiger partial charge in [-0.25, -0.2) is 9.07 Å². The van der Waals surface area contributed by atoms with Gasteiger partial charge in [-0.1, -0.05) is 11.6 Å². The Morgan fingerprint density at radius 1 is 1.18 bits per heavy atom. The number of rotatable bonds is 5. The van der Waals surface area contributed by atoms with Crippen LogP contribution in [0.5, 0.6) is 11.5 Å². The zero-order valence-corrected chi connectivity index (χ0v) is 22.7. The Morgan fingerprint density at radius 3 is 2.69 bits per heavy atom. The third kappa shape index (κ3) is 4.15. The number of hydrogen-bond donors (Lipinski definition) is 0. The second-order valence-electron chi connectivity index (χ2n) is 10.2. The smallest absolute Gasteiger partial charge is 0.210 e. The fourth-order valence-electron chi connectivity index (χ4n) is 5.40. The molecule has 11 heteroatoms. The molecule has 4 heterocycles. The zero-order valence-electron chi connectivity index (χ0n) is 21.9. The lowest BCUT2D eigenvalue weighted by atomic mass is 9.88. The van der Waals surface area contributed by atoms with Gasteiger partial charge in [0.15, 0.2) is 0 Å². The predicted octanol–water partition coefficient (Wildman–Crippen LogP) is 4.94. The molecule has 9 nitrogen and oxygen atoms in total. The highest BCUT2D eigenvalue weighted by Crippen LogP contribution is 2.48. The van der Waals surface area contributed by atoms with Crippen LogP contribution < -0.4 is 9.47 Å². The summed E-state index contributed by atoms with van der Waals surface area (Å²) in [4.78, 5) is 13.6. The molecular weight excluding hydrogens is 525 g/mol. The molecule has 0 bridgehead atoms. The van der Waals surface area contributed by atoms with Crippen molar-refractivity contribution in [1.82, 2.24) is 24.5 Å². The van der Waals surface area contributed by atoms with Gasteiger partial charge >= 0.3 is 0 Å². The number of morpholine rings is 1. The standard InChI is InChI=1S/C28H27ClFN5O4/c1-28(2)27(38-8-7-34(28)15-36)25-21-14-39-24-13-23(37-4)19(22-5-6-33(3)31-22)12-20(24)26(21)35(32-25)18-10-16(29)9-17(30)11-18/h5-6,9-13,15,27H,7-8,14H2,1-4H3. The van der Waals surface area contributed by atoms with Gasteiger partial charge < -0.3 is 19.1 Å². The van der Waals surface area contributed by atoms with Crippen LogP contribution in [0.25, 0.3) is 28.2 Å². The van der Waals surface area contributed by atoms with E-state index >= 15 is 0 Å². The van der Waals surface area contributed by atoms with E-state index < -0.39 is 17.5 Å². The van der Waals surface area contributed by atoms with Crippen molar-refractivity contribution in [3.63, 3.8) is 0 Å². The van der Waals surface area contributed by atoms with E-state index in [4.69, 9.17) is 30.9 Å². The highest BCUT2D eigenvalue weighted by molar-refractivity contribution is 6.30. The summed E-state index contributed by atoms with van der Waals surface area (Å²) in [7, 11) is 3.44. The number of aryl methyl sites for hydroxylation is 1. The fourth-order valence-corrected chi connectivity index (χ4v) is 5.62. The number of carbonyl (C=O) groups is 1. The molecule has 2 aliphatic rings. The monoisotopic (exact) mass is 551 g/mol. The van der Waals surface area contributed by atoms with E-state index in [0.717, 1.165) is 34.5 Å². The third-order valence-corrected chi connectivity index (χ3v) is 7.62. The number of fused-ring (bicyclic) bond motifs is 3. The van der Waals surface area contributed by atoms with E-state index in [1.54, 1.807) is 27.4 Å². The van der Waals surface area contributed by atoms with Crippen LogP contribution in [0, 0.1) is 5.82 Å². The number of benzene rings is 2. The molecule has 2 aromatic carbocycles. The van der Waals surface area contributed by atoms with E-state index in [1.165, 1.54) is 12.1 Å². The van der Waals surface area contributed by atoms with Crippen LogP contribution in [0.15, 0.2) is 42.6 Å². The maximum absolute atomic E-state index is 14.6. The van der Waals surface area contributed by atoms with E-state index in [-0.39, 0.29) is 11.6 Å². The van der Waals surface area contributed by atoms with Crippen molar-refractivity contribution in [3.8, 4) is 39.7 Å². The zero-order chi connectivity index (χ0) is 27.5. The first-order valence-corrected chi connectivity index (χ1v) is 12.9. The molecule has 1 unspecified atom stereocenters. The first-order valence-electron chi connectivity index (χ1n) is 12.5. The molecule has 0 aliphatic carbocycles. The minimum atomic E-state index is -0.689. The molecule has 2 aromatic heterocycles. The Hall–Kier alpha value is -3.89. The Morgan fingerprint density at radius 2 is 2.00 bits per heavy atom. The lowest BCUT2D eigenvalue weighted by Crippen LogP contribution is -2.54. The van der Waals surface area contributed by atoms with Gasteiger partial charge in [0.1, 0.15) is 35.7 Å². The number of hydrogen-bond acceptors (Lipinski definition) is 6. The maximum Gasteiger partial charge on any atom is 0.210 e. The van der Waals surface area contributed by atoms with Gasteiger partial charge in [0, 0.05) is 47.6 Å². The van der Waals surface area contributed by atoms with E-state index in [9.17, 15) is 9.18 Å². The van der Waals surface area contributed by atoms with E-state index in [1.807, 2.05) is 45.3 Å². The summed E-state index contributed by atoms with van der Waals surface area (Å²) in [6.45, 7) is 4.92. The minimum Gasteiger partial charge on any atom is -0.496 e. The van der Waals surface area contributed by atoms with Crippen LogP contribution in [0.4, 0.5) is 4.39 Å². The first kappa shape index (κ1) is 25.4. The van der Waals surface area contributed by atoms with Crippen LogP contribution in [-0.4, -0.2) is 56.7 Å². The molecule has 1 atom stereocenters. The maximum atomic E-state index is 14.6. The molecule has 1 fully saturated rings. The van der Waals surface area contributed by atoms with Gasteiger partial charge in [-0.15, -0.1) is 0 Å². The van der Waals surface area contributed by atoms with Gasteiger partial charge in [-0.2, -0.15) is 10.2 Å². The Labute approximate surface area is 229 Å². The summed E-state index contributed by atoms with van der Waals surface area (Å²) in [5, 5.41) is 9.78. The second kappa shape index (κ2) is 9.39. The quantitative estimate of drug-likeness (QED) is 0.327. The SMILES string of the molecule is COc1cc2c(cc1-c1ccn(C)n1)-c1c(c(C3OCCN(C=O)C3(C)C)nn1-c1cc(F)cc(Cl)c1)CO2. The largest absolute Gasteiger partial charge is 0.496 e. The van der Waals surface area contributed by atoms with E-state index in [0.29, 0.717) is 36.0 Å². The fraction of sp³-hybridized carbons (Fsp3) is 0.321. The molecular formula is C28H27ClFN5O4. The second-order valence-corrected chi connectivity index (χ2v) is 10.6. The number of amides is 1. The normalized spacial score (nSPS) is 17.8. The molecule has 6 rings (SSSR count). The summed E-state index contributed by atoms with van der Waals surface area (Å²) in [5.74, 6) is 0.711. The van der Waals surface area contributed by atoms with Gasteiger partial charge in [-0.3, -0.25) is 9.48 Å². The lowest BCUT2D eigenvalue weighted by Gasteiger charge is -2.45. The number of ether oxygens (including phenoxy) is 3. The highest BCUT2D eigenvalue weighted by atomic mass is 35.5. The van der Waals surface area contributed by atoms with Crippen LogP contribution in [0.1, 0.15) is 31.2 Å². The average Bonchev–Trinajstić information content (AvgIpc) is 3.51. The molecule has 4 aromatic rings.